The fourth-order valence-corrected chi connectivity index (χ4v) is 4.57. The van der Waals surface area contributed by atoms with E-state index in [1.54, 1.807) is 45.3 Å². The molecule has 4 heterocycles. The lowest BCUT2D eigenvalue weighted by Crippen LogP contribution is -2.42. The van der Waals surface area contributed by atoms with Crippen molar-refractivity contribution >= 4 is 23.0 Å². The van der Waals surface area contributed by atoms with Gasteiger partial charge in [0.2, 0.25) is 0 Å². The summed E-state index contributed by atoms with van der Waals surface area (Å²) in [6.07, 6.45) is 3.66. The van der Waals surface area contributed by atoms with Gasteiger partial charge in [0.15, 0.2) is 0 Å². The Hall–Kier alpha value is -4.34. The lowest BCUT2D eigenvalue weighted by Gasteiger charge is -2.31. The predicted molar refractivity (Wildman–Crippen MR) is 146 cm³/mol. The number of amides is 2. The summed E-state index contributed by atoms with van der Waals surface area (Å²) in [6.45, 7) is 5.56. The molecule has 1 aliphatic heterocycles. The zero-order valence-corrected chi connectivity index (χ0v) is 22.5. The first-order chi connectivity index (χ1) is 19.0. The number of alkyl carbamates (subject to hydrolysis) is 1. The summed E-state index contributed by atoms with van der Waals surface area (Å²) in [6, 6.07) is 12.9. The van der Waals surface area contributed by atoms with Crippen molar-refractivity contribution in [3.8, 4) is 22.4 Å². The number of rotatable bonds is 5. The lowest BCUT2D eigenvalue weighted by atomic mass is 9.99. The monoisotopic (exact) mass is 548 g/mol. The molecule has 0 bridgehead atoms. The minimum atomic E-state index is -2.72. The van der Waals surface area contributed by atoms with E-state index in [0.717, 1.165) is 22.1 Å². The molecule has 10 heteroatoms. The number of furan rings is 1. The summed E-state index contributed by atoms with van der Waals surface area (Å²) in [5.41, 5.74) is 3.51. The first-order valence-corrected chi connectivity index (χ1v) is 13.0. The van der Waals surface area contributed by atoms with Crippen LogP contribution < -0.4 is 5.32 Å². The van der Waals surface area contributed by atoms with Gasteiger partial charge in [-0.1, -0.05) is 0 Å². The van der Waals surface area contributed by atoms with Crippen molar-refractivity contribution < 1.29 is 27.5 Å². The molecule has 1 aromatic carbocycles. The number of hydrogen-bond acceptors (Lipinski definition) is 6. The van der Waals surface area contributed by atoms with Crippen LogP contribution >= 0.6 is 0 Å². The fraction of sp³-hybridized carbons (Fsp3) is 0.333. The lowest BCUT2D eigenvalue weighted by molar-refractivity contribution is -0.0494. The fourth-order valence-electron chi connectivity index (χ4n) is 4.57. The molecule has 1 N–H and O–H groups in total. The number of ether oxygens (including phenoxy) is 1. The van der Waals surface area contributed by atoms with Gasteiger partial charge in [0.05, 0.1) is 17.8 Å². The molecule has 4 aromatic rings. The van der Waals surface area contributed by atoms with Crippen molar-refractivity contribution in [1.29, 1.82) is 0 Å². The van der Waals surface area contributed by atoms with E-state index < -0.39 is 17.6 Å². The second-order valence-electron chi connectivity index (χ2n) is 10.8. The van der Waals surface area contributed by atoms with E-state index in [2.05, 4.69) is 15.3 Å². The van der Waals surface area contributed by atoms with Gasteiger partial charge in [-0.3, -0.25) is 14.8 Å². The molecule has 0 radical (unpaired) electrons. The number of alkyl halides is 2. The van der Waals surface area contributed by atoms with Gasteiger partial charge in [0.25, 0.3) is 11.8 Å². The largest absolute Gasteiger partial charge is 0.459 e. The second kappa shape index (κ2) is 10.7. The molecule has 1 saturated heterocycles. The highest BCUT2D eigenvalue weighted by Gasteiger charge is 2.35. The van der Waals surface area contributed by atoms with Crippen LogP contribution in [0.5, 0.6) is 0 Å². The van der Waals surface area contributed by atoms with E-state index >= 15 is 0 Å². The van der Waals surface area contributed by atoms with Gasteiger partial charge in [0.1, 0.15) is 16.9 Å². The van der Waals surface area contributed by atoms with E-state index in [4.69, 9.17) is 9.15 Å². The van der Waals surface area contributed by atoms with Gasteiger partial charge < -0.3 is 19.4 Å². The maximum absolute atomic E-state index is 13.5. The number of piperidine rings is 1. The van der Waals surface area contributed by atoms with Crippen LogP contribution in [0.3, 0.4) is 0 Å². The molecule has 1 fully saturated rings. The van der Waals surface area contributed by atoms with Crippen molar-refractivity contribution in [2.24, 2.45) is 0 Å². The third-order valence-electron chi connectivity index (χ3n) is 6.55. The summed E-state index contributed by atoms with van der Waals surface area (Å²) in [5.74, 6) is -2.48. The zero-order chi connectivity index (χ0) is 28.5. The Morgan fingerprint density at radius 3 is 2.42 bits per heavy atom. The second-order valence-corrected chi connectivity index (χ2v) is 10.8. The molecule has 208 valence electrons. The van der Waals surface area contributed by atoms with E-state index in [1.165, 1.54) is 11.1 Å². The van der Waals surface area contributed by atoms with E-state index in [-0.39, 0.29) is 38.4 Å². The van der Waals surface area contributed by atoms with Crippen molar-refractivity contribution in [2.45, 2.75) is 51.7 Å². The molecule has 0 atom stereocenters. The molecule has 1 aliphatic rings. The highest BCUT2D eigenvalue weighted by atomic mass is 19.3. The number of likely N-dealkylation sites (tertiary alicyclic amines) is 1. The van der Waals surface area contributed by atoms with Crippen molar-refractivity contribution in [1.82, 2.24) is 20.2 Å². The Balaban J connectivity index is 1.42. The van der Waals surface area contributed by atoms with Crippen LogP contribution in [0.15, 0.2) is 65.5 Å². The minimum absolute atomic E-state index is 0.0190. The maximum Gasteiger partial charge on any atom is 0.408 e. The molecule has 40 heavy (non-hydrogen) atoms. The zero-order valence-electron chi connectivity index (χ0n) is 22.5. The third-order valence-corrected chi connectivity index (χ3v) is 6.55. The molecule has 0 saturated carbocycles. The SMILES string of the molecule is CC(C)(C)OC(=O)NCc1cc2cc(-c3ccc(C(=O)N4CCC(F)(F)CC4)cn3)cc(-c3ccncc3)c2o1. The van der Waals surface area contributed by atoms with Gasteiger partial charge in [-0.2, -0.15) is 0 Å². The average molecular weight is 549 g/mol. The van der Waals surface area contributed by atoms with Gasteiger partial charge >= 0.3 is 6.09 Å². The van der Waals surface area contributed by atoms with Crippen molar-refractivity contribution in [2.75, 3.05) is 13.1 Å². The molecule has 8 nitrogen and oxygen atoms in total. The molecule has 5 rings (SSSR count). The number of fused-ring (bicyclic) bond motifs is 1. The summed E-state index contributed by atoms with van der Waals surface area (Å²) in [4.78, 5) is 35.0. The number of hydrogen-bond donors (Lipinski definition) is 1. The van der Waals surface area contributed by atoms with Crippen LogP contribution in [0.2, 0.25) is 0 Å². The Morgan fingerprint density at radius 2 is 1.77 bits per heavy atom. The van der Waals surface area contributed by atoms with E-state index in [1.807, 2.05) is 30.3 Å². The molecule has 0 unspecified atom stereocenters. The summed E-state index contributed by atoms with van der Waals surface area (Å²) < 4.78 is 38.5. The van der Waals surface area contributed by atoms with E-state index in [0.29, 0.717) is 22.6 Å². The Kier molecular flexibility index (Phi) is 7.27. The number of nitrogens with one attached hydrogen (secondary N) is 1. The standard InChI is InChI=1S/C30H30F2N4O4/c1-29(2,3)40-28(38)35-18-23-15-22-14-21(16-24(26(22)39-23)19-6-10-33-11-7-19)25-5-4-20(17-34-25)27(37)36-12-8-30(31,32)9-13-36/h4-7,10-11,14-17H,8-9,12-13,18H2,1-3H3,(H,35,38). The van der Waals surface area contributed by atoms with Gasteiger partial charge in [-0.15, -0.1) is 0 Å². The maximum atomic E-state index is 13.5. The summed E-state index contributed by atoms with van der Waals surface area (Å²) >= 11 is 0. The third kappa shape index (κ3) is 6.27. The molecular formula is C30H30F2N4O4. The normalized spacial score (nSPS) is 15.2. The van der Waals surface area contributed by atoms with Crippen LogP contribution in [0, 0.1) is 0 Å². The number of aromatic nitrogens is 2. The quantitative estimate of drug-likeness (QED) is 0.308. The summed E-state index contributed by atoms with van der Waals surface area (Å²) in [7, 11) is 0. The average Bonchev–Trinajstić information content (AvgIpc) is 3.34. The Labute approximate surface area is 230 Å². The number of nitrogens with zero attached hydrogens (tertiary/aromatic N) is 3. The Bertz CT molecular complexity index is 1520. The van der Waals surface area contributed by atoms with Crippen LogP contribution in [0.1, 0.15) is 49.7 Å². The van der Waals surface area contributed by atoms with Crippen LogP contribution in [0.25, 0.3) is 33.4 Å². The topological polar surface area (TPSA) is 97.6 Å². The number of benzene rings is 1. The van der Waals surface area contributed by atoms with E-state index in [9.17, 15) is 18.4 Å². The molecular weight excluding hydrogens is 518 g/mol. The molecule has 2 amide bonds. The predicted octanol–water partition coefficient (Wildman–Crippen LogP) is 6.45. The molecule has 0 spiro atoms. The number of carbonyl (C=O) groups excluding carboxylic acids is 2. The number of pyridine rings is 2. The van der Waals surface area contributed by atoms with Gasteiger partial charge in [-0.25, -0.2) is 13.6 Å². The van der Waals surface area contributed by atoms with Gasteiger partial charge in [0, 0.05) is 61.0 Å². The minimum Gasteiger partial charge on any atom is -0.459 e. The smallest absolute Gasteiger partial charge is 0.408 e. The van der Waals surface area contributed by atoms with Crippen LogP contribution in [0.4, 0.5) is 13.6 Å². The first-order valence-electron chi connectivity index (χ1n) is 13.0. The highest BCUT2D eigenvalue weighted by molar-refractivity contribution is 5.97. The summed E-state index contributed by atoms with van der Waals surface area (Å²) in [5, 5.41) is 3.52. The first kappa shape index (κ1) is 27.2. The number of halogens is 2. The molecule has 0 aliphatic carbocycles. The van der Waals surface area contributed by atoms with Crippen molar-refractivity contribution in [3.63, 3.8) is 0 Å². The number of carbonyl (C=O) groups is 2. The van der Waals surface area contributed by atoms with Crippen molar-refractivity contribution in [3.05, 3.63) is 72.4 Å². The van der Waals surface area contributed by atoms with Gasteiger partial charge in [-0.05, 0) is 68.8 Å². The Morgan fingerprint density at radius 1 is 1.05 bits per heavy atom. The molecule has 3 aromatic heterocycles. The highest BCUT2D eigenvalue weighted by Crippen LogP contribution is 2.35. The van der Waals surface area contributed by atoms with Crippen LogP contribution in [-0.2, 0) is 11.3 Å². The van der Waals surface area contributed by atoms with Crippen LogP contribution in [-0.4, -0.2) is 51.5 Å².